The molecule has 1 unspecified atom stereocenters. The number of hydrogen-bond acceptors (Lipinski definition) is 4. The predicted octanol–water partition coefficient (Wildman–Crippen LogP) is 4.71. The van der Waals surface area contributed by atoms with E-state index in [1.807, 2.05) is 24.3 Å². The van der Waals surface area contributed by atoms with Crippen molar-refractivity contribution in [3.8, 4) is 11.8 Å². The Morgan fingerprint density at radius 3 is 2.54 bits per heavy atom. The van der Waals surface area contributed by atoms with Crippen molar-refractivity contribution < 1.29 is 9.53 Å². The summed E-state index contributed by atoms with van der Waals surface area (Å²) in [7, 11) is 0. The number of hydrogen-bond donors (Lipinski definition) is 0. The zero-order valence-electron chi connectivity index (χ0n) is 15.1. The fraction of sp³-hybridized carbons (Fsp3) is 0.333. The van der Waals surface area contributed by atoms with Crippen LogP contribution in [0.1, 0.15) is 36.7 Å². The maximum Gasteiger partial charge on any atom is 0.159 e. The second kappa shape index (κ2) is 7.01. The van der Waals surface area contributed by atoms with E-state index < -0.39 is 0 Å². The van der Waals surface area contributed by atoms with Gasteiger partial charge in [0.1, 0.15) is 11.8 Å². The van der Waals surface area contributed by atoms with Crippen LogP contribution >= 0.6 is 11.6 Å². The molecule has 1 heterocycles. The van der Waals surface area contributed by atoms with Crippen molar-refractivity contribution in [1.82, 2.24) is 0 Å². The number of carbonyl (C=O) groups excluding carboxylic acids is 1. The molecule has 2 aromatic carbocycles. The summed E-state index contributed by atoms with van der Waals surface area (Å²) in [5, 5.41) is 9.48. The number of benzene rings is 2. The third-order valence-corrected chi connectivity index (χ3v) is 5.51. The van der Waals surface area contributed by atoms with Crippen LogP contribution in [0.25, 0.3) is 0 Å². The molecule has 1 fully saturated rings. The number of ether oxygens (including phenoxy) is 1. The Morgan fingerprint density at radius 1 is 1.31 bits per heavy atom. The van der Waals surface area contributed by atoms with Gasteiger partial charge in [-0.3, -0.25) is 4.79 Å². The normalized spacial score (nSPS) is 18.0. The molecule has 0 N–H and O–H groups in total. The summed E-state index contributed by atoms with van der Waals surface area (Å²) in [6.07, 6.45) is 0. The van der Waals surface area contributed by atoms with Crippen molar-refractivity contribution in [3.05, 3.63) is 58.6 Å². The number of nitrogens with zero attached hydrogens (tertiary/aromatic N) is 2. The second-order valence-corrected chi connectivity index (χ2v) is 7.54. The highest BCUT2D eigenvalue weighted by Gasteiger charge is 2.46. The van der Waals surface area contributed by atoms with E-state index in [0.717, 1.165) is 18.0 Å². The Balaban J connectivity index is 1.63. The zero-order chi connectivity index (χ0) is 18.9. The van der Waals surface area contributed by atoms with Crippen LogP contribution in [0.5, 0.6) is 5.75 Å². The molecule has 0 aromatic heterocycles. The molecular formula is C21H21ClN2O2. The van der Waals surface area contributed by atoms with Crippen LogP contribution in [0.15, 0.2) is 42.5 Å². The Morgan fingerprint density at radius 2 is 2.00 bits per heavy atom. The van der Waals surface area contributed by atoms with Gasteiger partial charge in [0.2, 0.25) is 0 Å². The SMILES string of the molecule is CC(=O)c1ccc(OCC2CN(c3ccc(C#N)c(Cl)c3)C2(C)C)cc1. The molecule has 4 nitrogen and oxygen atoms in total. The predicted molar refractivity (Wildman–Crippen MR) is 103 cm³/mol. The number of halogens is 1. The van der Waals surface area contributed by atoms with Crippen LogP contribution < -0.4 is 9.64 Å². The molecule has 134 valence electrons. The fourth-order valence-corrected chi connectivity index (χ4v) is 3.44. The van der Waals surface area contributed by atoms with Crippen LogP contribution in [-0.2, 0) is 0 Å². The van der Waals surface area contributed by atoms with Crippen molar-refractivity contribution in [1.29, 1.82) is 5.26 Å². The summed E-state index contributed by atoms with van der Waals surface area (Å²) >= 11 is 6.16. The molecule has 1 atom stereocenters. The van der Waals surface area contributed by atoms with E-state index in [0.29, 0.717) is 28.7 Å². The first-order valence-corrected chi connectivity index (χ1v) is 8.92. The summed E-state index contributed by atoms with van der Waals surface area (Å²) in [6.45, 7) is 7.37. The first kappa shape index (κ1) is 18.3. The second-order valence-electron chi connectivity index (χ2n) is 7.13. The summed E-state index contributed by atoms with van der Waals surface area (Å²) < 4.78 is 5.92. The van der Waals surface area contributed by atoms with Gasteiger partial charge in [-0.1, -0.05) is 11.6 Å². The lowest BCUT2D eigenvalue weighted by Gasteiger charge is -2.56. The summed E-state index contributed by atoms with van der Waals surface area (Å²) in [4.78, 5) is 13.6. The minimum atomic E-state index is -0.0726. The minimum absolute atomic E-state index is 0.0494. The van der Waals surface area contributed by atoms with Gasteiger partial charge >= 0.3 is 0 Å². The van der Waals surface area contributed by atoms with Crippen molar-refractivity contribution in [2.45, 2.75) is 26.3 Å². The Bertz CT molecular complexity index is 869. The zero-order valence-corrected chi connectivity index (χ0v) is 15.9. The molecule has 0 aliphatic carbocycles. The van der Waals surface area contributed by atoms with Crippen LogP contribution in [0.2, 0.25) is 5.02 Å². The molecular weight excluding hydrogens is 348 g/mol. The Hall–Kier alpha value is -2.51. The molecule has 0 bridgehead atoms. The van der Waals surface area contributed by atoms with Gasteiger partial charge in [0.25, 0.3) is 0 Å². The molecule has 0 amide bonds. The molecule has 0 saturated carbocycles. The van der Waals surface area contributed by atoms with E-state index in [1.165, 1.54) is 0 Å². The van der Waals surface area contributed by atoms with Crippen LogP contribution in [0.4, 0.5) is 5.69 Å². The highest BCUT2D eigenvalue weighted by atomic mass is 35.5. The van der Waals surface area contributed by atoms with Gasteiger partial charge in [-0.25, -0.2) is 0 Å². The molecule has 26 heavy (non-hydrogen) atoms. The van der Waals surface area contributed by atoms with E-state index >= 15 is 0 Å². The van der Waals surface area contributed by atoms with Crippen molar-refractivity contribution in [2.24, 2.45) is 5.92 Å². The molecule has 3 rings (SSSR count). The van der Waals surface area contributed by atoms with Gasteiger partial charge in [0.15, 0.2) is 5.78 Å². The monoisotopic (exact) mass is 368 g/mol. The lowest BCUT2D eigenvalue weighted by molar-refractivity contribution is 0.101. The van der Waals surface area contributed by atoms with Crippen LogP contribution in [0, 0.1) is 17.2 Å². The summed E-state index contributed by atoms with van der Waals surface area (Å²) in [6, 6.07) is 14.9. The highest BCUT2D eigenvalue weighted by molar-refractivity contribution is 6.32. The van der Waals surface area contributed by atoms with Crippen molar-refractivity contribution in [3.63, 3.8) is 0 Å². The molecule has 0 radical (unpaired) electrons. The molecule has 5 heteroatoms. The van der Waals surface area contributed by atoms with Gasteiger partial charge < -0.3 is 9.64 Å². The Kier molecular flexibility index (Phi) is 4.93. The quantitative estimate of drug-likeness (QED) is 0.717. The average Bonchev–Trinajstić information content (AvgIpc) is 2.61. The van der Waals surface area contributed by atoms with E-state index in [4.69, 9.17) is 21.6 Å². The smallest absolute Gasteiger partial charge is 0.159 e. The molecule has 2 aromatic rings. The van der Waals surface area contributed by atoms with Gasteiger partial charge in [0, 0.05) is 29.3 Å². The number of carbonyl (C=O) groups is 1. The first-order chi connectivity index (χ1) is 12.3. The fourth-order valence-electron chi connectivity index (χ4n) is 3.23. The van der Waals surface area contributed by atoms with E-state index in [1.54, 1.807) is 25.1 Å². The van der Waals surface area contributed by atoms with E-state index in [2.05, 4.69) is 24.8 Å². The summed E-state index contributed by atoms with van der Waals surface area (Å²) in [5.41, 5.74) is 2.12. The van der Waals surface area contributed by atoms with Gasteiger partial charge in [0.05, 0.1) is 17.2 Å². The van der Waals surface area contributed by atoms with Crippen LogP contribution in [0.3, 0.4) is 0 Å². The number of ketones is 1. The number of anilines is 1. The van der Waals surface area contributed by atoms with Crippen LogP contribution in [-0.4, -0.2) is 24.5 Å². The Labute approximate surface area is 158 Å². The van der Waals surface area contributed by atoms with E-state index in [9.17, 15) is 4.79 Å². The standard InChI is InChI=1S/C21H21ClN2O2/c1-14(25)15-5-8-19(9-6-15)26-13-17-12-24(21(17,2)3)18-7-4-16(11-23)20(22)10-18/h4-10,17H,12-13H2,1-3H3. The average molecular weight is 369 g/mol. The molecule has 1 saturated heterocycles. The van der Waals surface area contributed by atoms with Crippen molar-refractivity contribution in [2.75, 3.05) is 18.1 Å². The topological polar surface area (TPSA) is 53.3 Å². The molecule has 1 aliphatic rings. The third-order valence-electron chi connectivity index (χ3n) is 5.19. The lowest BCUT2D eigenvalue weighted by atomic mass is 9.76. The van der Waals surface area contributed by atoms with Gasteiger partial charge in [-0.15, -0.1) is 0 Å². The number of Topliss-reactive ketones (excluding diaryl/α,β-unsaturated/α-hetero) is 1. The first-order valence-electron chi connectivity index (χ1n) is 8.54. The largest absolute Gasteiger partial charge is 0.493 e. The maximum absolute atomic E-state index is 11.3. The van der Waals surface area contributed by atoms with Gasteiger partial charge in [-0.2, -0.15) is 5.26 Å². The molecule has 0 spiro atoms. The highest BCUT2D eigenvalue weighted by Crippen LogP contribution is 2.41. The lowest BCUT2D eigenvalue weighted by Crippen LogP contribution is -2.65. The maximum atomic E-state index is 11.3. The van der Waals surface area contributed by atoms with Gasteiger partial charge in [-0.05, 0) is 63.2 Å². The third kappa shape index (κ3) is 3.40. The van der Waals surface area contributed by atoms with Crippen molar-refractivity contribution >= 4 is 23.1 Å². The number of nitriles is 1. The molecule has 1 aliphatic heterocycles. The summed E-state index contributed by atoms with van der Waals surface area (Å²) in [5.74, 6) is 1.18. The van der Waals surface area contributed by atoms with E-state index in [-0.39, 0.29) is 11.3 Å². The number of rotatable bonds is 5. The minimum Gasteiger partial charge on any atom is -0.493 e.